The van der Waals surface area contributed by atoms with Crippen LogP contribution in [0.2, 0.25) is 0 Å². The monoisotopic (exact) mass is 317 g/mol. The number of carbonyl (C=O) groups excluding carboxylic acids is 1. The van der Waals surface area contributed by atoms with Crippen molar-refractivity contribution in [2.24, 2.45) is 0 Å². The second kappa shape index (κ2) is 7.94. The summed E-state index contributed by atoms with van der Waals surface area (Å²) < 4.78 is 36.8. The van der Waals surface area contributed by atoms with Gasteiger partial charge in [-0.2, -0.15) is 0 Å². The highest BCUT2D eigenvalue weighted by molar-refractivity contribution is 7.88. The topological polar surface area (TPSA) is 87.3 Å². The minimum atomic E-state index is -3.19. The van der Waals surface area contributed by atoms with Crippen molar-refractivity contribution >= 4 is 16.1 Å². The van der Waals surface area contributed by atoms with Crippen LogP contribution >= 0.6 is 0 Å². The van der Waals surface area contributed by atoms with Crippen molar-refractivity contribution in [3.05, 3.63) is 35.6 Å². The standard InChI is InChI=1S/C13H20FN3O3S/c1-10(11-4-6-12(14)7-5-11)17-13(18)15-8-3-9-16-21(2,19)20/h4-7,10,16H,3,8-9H2,1-2H3,(H2,15,17,18)/t10-/m1/s1. The van der Waals surface area contributed by atoms with Crippen LogP contribution in [0, 0.1) is 5.82 Å². The minimum absolute atomic E-state index is 0.250. The van der Waals surface area contributed by atoms with Gasteiger partial charge in [0, 0.05) is 13.1 Å². The molecule has 6 nitrogen and oxygen atoms in total. The van der Waals surface area contributed by atoms with Crippen molar-refractivity contribution in [2.45, 2.75) is 19.4 Å². The molecule has 0 bridgehead atoms. The zero-order valence-corrected chi connectivity index (χ0v) is 12.8. The van der Waals surface area contributed by atoms with Gasteiger partial charge in [0.05, 0.1) is 12.3 Å². The van der Waals surface area contributed by atoms with Crippen molar-refractivity contribution in [3.8, 4) is 0 Å². The Morgan fingerprint density at radius 2 is 1.86 bits per heavy atom. The van der Waals surface area contributed by atoms with Crippen LogP contribution in [0.25, 0.3) is 0 Å². The molecule has 0 heterocycles. The van der Waals surface area contributed by atoms with Gasteiger partial charge in [-0.1, -0.05) is 12.1 Å². The maximum Gasteiger partial charge on any atom is 0.315 e. The van der Waals surface area contributed by atoms with E-state index in [1.807, 2.05) is 0 Å². The maximum absolute atomic E-state index is 12.8. The molecule has 0 unspecified atom stereocenters. The summed E-state index contributed by atoms with van der Waals surface area (Å²) >= 11 is 0. The Kier molecular flexibility index (Phi) is 6.57. The van der Waals surface area contributed by atoms with E-state index < -0.39 is 10.0 Å². The lowest BCUT2D eigenvalue weighted by Crippen LogP contribution is -2.38. The molecule has 118 valence electrons. The Labute approximate surface area is 124 Å². The number of benzene rings is 1. The lowest BCUT2D eigenvalue weighted by atomic mass is 10.1. The van der Waals surface area contributed by atoms with Crippen LogP contribution < -0.4 is 15.4 Å². The molecule has 0 aromatic heterocycles. The summed E-state index contributed by atoms with van der Waals surface area (Å²) in [7, 11) is -3.19. The van der Waals surface area contributed by atoms with Crippen molar-refractivity contribution < 1.29 is 17.6 Å². The average molecular weight is 317 g/mol. The molecule has 1 atom stereocenters. The summed E-state index contributed by atoms with van der Waals surface area (Å²) in [4.78, 5) is 11.6. The van der Waals surface area contributed by atoms with Crippen molar-refractivity contribution in [2.75, 3.05) is 19.3 Å². The fraction of sp³-hybridized carbons (Fsp3) is 0.462. The first-order valence-electron chi connectivity index (χ1n) is 6.52. The lowest BCUT2D eigenvalue weighted by Gasteiger charge is -2.15. The lowest BCUT2D eigenvalue weighted by molar-refractivity contribution is 0.238. The maximum atomic E-state index is 12.8. The zero-order valence-electron chi connectivity index (χ0n) is 12.0. The molecular formula is C13H20FN3O3S. The van der Waals surface area contributed by atoms with Gasteiger partial charge < -0.3 is 10.6 Å². The molecule has 0 aliphatic rings. The normalized spacial score (nSPS) is 12.7. The predicted octanol–water partition coefficient (Wildman–Crippen LogP) is 1.13. The van der Waals surface area contributed by atoms with E-state index in [0.29, 0.717) is 13.0 Å². The molecule has 1 aromatic carbocycles. The summed E-state index contributed by atoms with van der Waals surface area (Å²) in [6.45, 7) is 2.41. The van der Waals surface area contributed by atoms with Crippen LogP contribution in [0.5, 0.6) is 0 Å². The fourth-order valence-electron chi connectivity index (χ4n) is 1.63. The van der Waals surface area contributed by atoms with Crippen molar-refractivity contribution in [1.29, 1.82) is 0 Å². The van der Waals surface area contributed by atoms with Gasteiger partial charge in [0.15, 0.2) is 0 Å². The number of amides is 2. The second-order valence-electron chi connectivity index (χ2n) is 4.69. The number of nitrogens with one attached hydrogen (secondary N) is 3. The molecule has 0 saturated heterocycles. The number of rotatable bonds is 7. The van der Waals surface area contributed by atoms with Gasteiger partial charge in [-0.3, -0.25) is 0 Å². The van der Waals surface area contributed by atoms with E-state index >= 15 is 0 Å². The zero-order chi connectivity index (χ0) is 15.9. The van der Waals surface area contributed by atoms with Crippen LogP contribution in [0.3, 0.4) is 0 Å². The summed E-state index contributed by atoms with van der Waals surface area (Å²) in [5.41, 5.74) is 0.797. The molecule has 0 aliphatic carbocycles. The summed E-state index contributed by atoms with van der Waals surface area (Å²) in [6.07, 6.45) is 1.57. The Morgan fingerprint density at radius 3 is 2.43 bits per heavy atom. The third-order valence-corrected chi connectivity index (χ3v) is 3.45. The molecular weight excluding hydrogens is 297 g/mol. The number of sulfonamides is 1. The molecule has 8 heteroatoms. The molecule has 1 aromatic rings. The highest BCUT2D eigenvalue weighted by atomic mass is 32.2. The quantitative estimate of drug-likeness (QED) is 0.659. The van der Waals surface area contributed by atoms with E-state index in [2.05, 4.69) is 15.4 Å². The van der Waals surface area contributed by atoms with Gasteiger partial charge in [0.1, 0.15) is 5.82 Å². The third-order valence-electron chi connectivity index (χ3n) is 2.72. The SMILES string of the molecule is C[C@@H](NC(=O)NCCCNS(C)(=O)=O)c1ccc(F)cc1. The molecule has 0 spiro atoms. The van der Waals surface area contributed by atoms with E-state index in [0.717, 1.165) is 11.8 Å². The van der Waals surface area contributed by atoms with E-state index in [1.54, 1.807) is 19.1 Å². The van der Waals surface area contributed by atoms with E-state index in [1.165, 1.54) is 12.1 Å². The molecule has 0 fully saturated rings. The van der Waals surface area contributed by atoms with Gasteiger partial charge in [-0.05, 0) is 31.0 Å². The fourth-order valence-corrected chi connectivity index (χ4v) is 2.15. The van der Waals surface area contributed by atoms with Crippen LogP contribution in [-0.2, 0) is 10.0 Å². The molecule has 0 saturated carbocycles. The molecule has 3 N–H and O–H groups in total. The number of urea groups is 1. The van der Waals surface area contributed by atoms with Gasteiger partial charge in [0.2, 0.25) is 10.0 Å². The Morgan fingerprint density at radius 1 is 1.24 bits per heavy atom. The van der Waals surface area contributed by atoms with E-state index in [9.17, 15) is 17.6 Å². The minimum Gasteiger partial charge on any atom is -0.338 e. The first kappa shape index (κ1) is 17.4. The highest BCUT2D eigenvalue weighted by Crippen LogP contribution is 2.12. The molecule has 0 radical (unpaired) electrons. The molecule has 2 amide bonds. The first-order chi connectivity index (χ1) is 9.78. The Bertz CT molecular complexity index is 561. The van der Waals surface area contributed by atoms with Gasteiger partial charge in [-0.15, -0.1) is 0 Å². The number of carbonyl (C=O) groups is 1. The van der Waals surface area contributed by atoms with Crippen molar-refractivity contribution in [1.82, 2.24) is 15.4 Å². The third kappa shape index (κ3) is 7.62. The van der Waals surface area contributed by atoms with Gasteiger partial charge >= 0.3 is 6.03 Å². The van der Waals surface area contributed by atoms with Crippen LogP contribution in [0.1, 0.15) is 24.9 Å². The average Bonchev–Trinajstić information content (AvgIpc) is 2.37. The molecule has 21 heavy (non-hydrogen) atoms. The predicted molar refractivity (Wildman–Crippen MR) is 78.8 cm³/mol. The highest BCUT2D eigenvalue weighted by Gasteiger charge is 2.09. The van der Waals surface area contributed by atoms with E-state index in [-0.39, 0.29) is 24.4 Å². The Balaban J connectivity index is 2.25. The number of hydrogen-bond acceptors (Lipinski definition) is 3. The first-order valence-corrected chi connectivity index (χ1v) is 8.41. The summed E-state index contributed by atoms with van der Waals surface area (Å²) in [5.74, 6) is -0.325. The Hall–Kier alpha value is -1.67. The second-order valence-corrected chi connectivity index (χ2v) is 6.53. The van der Waals surface area contributed by atoms with Gasteiger partial charge in [-0.25, -0.2) is 22.3 Å². The van der Waals surface area contributed by atoms with Crippen LogP contribution in [0.15, 0.2) is 24.3 Å². The van der Waals surface area contributed by atoms with Crippen molar-refractivity contribution in [3.63, 3.8) is 0 Å². The molecule has 0 aliphatic heterocycles. The summed E-state index contributed by atoms with van der Waals surface area (Å²) in [6, 6.07) is 5.28. The molecule has 1 rings (SSSR count). The smallest absolute Gasteiger partial charge is 0.315 e. The van der Waals surface area contributed by atoms with Crippen LogP contribution in [-0.4, -0.2) is 33.8 Å². The van der Waals surface area contributed by atoms with Crippen LogP contribution in [0.4, 0.5) is 9.18 Å². The number of halogens is 1. The van der Waals surface area contributed by atoms with E-state index in [4.69, 9.17) is 0 Å². The summed E-state index contributed by atoms with van der Waals surface area (Å²) in [5, 5.41) is 5.33. The largest absolute Gasteiger partial charge is 0.338 e. The number of hydrogen-bond donors (Lipinski definition) is 3. The van der Waals surface area contributed by atoms with Gasteiger partial charge in [0.25, 0.3) is 0 Å².